The number of H-pyrrole nitrogens is 1. The molecular formula is C37H37N9O3. The number of nitrogens with zero attached hydrogens (tertiary/aromatic N) is 7. The molecule has 0 spiro atoms. The number of aromatic nitrogens is 8. The Labute approximate surface area is 281 Å². The predicted octanol–water partition coefficient (Wildman–Crippen LogP) is 6.79. The molecule has 0 amide bonds. The first-order valence-corrected chi connectivity index (χ1v) is 15.9. The molecule has 0 fully saturated rings. The molecule has 8 rings (SSSR count). The first-order chi connectivity index (χ1) is 23.5. The maximum Gasteiger partial charge on any atom is 0.326 e. The number of fused-ring (bicyclic) bond motifs is 2. The molecule has 0 atom stereocenters. The maximum absolute atomic E-state index is 12.2. The minimum Gasteiger partial charge on any atom is -0.397 e. The van der Waals surface area contributed by atoms with E-state index in [-0.39, 0.29) is 5.69 Å². The highest BCUT2D eigenvalue weighted by Crippen LogP contribution is 2.36. The van der Waals surface area contributed by atoms with Crippen LogP contribution in [0.15, 0.2) is 81.0 Å². The molecule has 0 saturated carbocycles. The number of hydrogen-bond acceptors (Lipinski definition) is 8. The van der Waals surface area contributed by atoms with E-state index < -0.39 is 0 Å². The average Bonchev–Trinajstić information content (AvgIpc) is 3.87. The van der Waals surface area contributed by atoms with Gasteiger partial charge in [0.15, 0.2) is 0 Å². The second-order valence-corrected chi connectivity index (χ2v) is 12.4. The molecule has 248 valence electrons. The Morgan fingerprint density at radius 3 is 2.06 bits per heavy atom. The summed E-state index contributed by atoms with van der Waals surface area (Å²) in [5.74, 6) is 1.55. The molecular weight excluding hydrogens is 618 g/mol. The SMILES string of the molecule is Cc1nn(C)cc1-c1cc(-c2c(C)noc2C)cc2[nH]c(=O)n(C)c12.Cc1noc(C)c1-c1cc(N)c2ncn(Cc3ccccc3)c2c1. The standard InChI is InChI=1S/C19H18N4O.C18H19N5O2/c1-12-18(13(2)24-22-12)15-8-16(20)19-17(9-15)23(11-21-19)10-14-6-4-3-5-7-14;1-9-14(8-22(4)20-9)13-6-12(16-10(2)21-25-11(16)3)7-15-17(13)23(5)18(24)19-15/h3-9,11H,10,20H2,1-2H3;6-8H,1-5H3,(H,19,24). The average molecular weight is 656 g/mol. The number of nitrogen functional groups attached to an aromatic ring is 1. The number of rotatable bonds is 5. The highest BCUT2D eigenvalue weighted by Gasteiger charge is 2.20. The molecule has 5 heterocycles. The van der Waals surface area contributed by atoms with Crippen LogP contribution in [0.2, 0.25) is 0 Å². The van der Waals surface area contributed by atoms with Gasteiger partial charge in [-0.25, -0.2) is 9.78 Å². The first-order valence-electron chi connectivity index (χ1n) is 15.9. The predicted molar refractivity (Wildman–Crippen MR) is 190 cm³/mol. The summed E-state index contributed by atoms with van der Waals surface area (Å²) in [6.07, 6.45) is 3.81. The lowest BCUT2D eigenvalue weighted by atomic mass is 9.97. The van der Waals surface area contributed by atoms with Crippen molar-refractivity contribution in [3.05, 3.63) is 112 Å². The van der Waals surface area contributed by atoms with Crippen LogP contribution in [0.3, 0.4) is 0 Å². The molecule has 12 heteroatoms. The zero-order valence-corrected chi connectivity index (χ0v) is 28.5. The fourth-order valence-electron chi connectivity index (χ4n) is 6.64. The van der Waals surface area contributed by atoms with Gasteiger partial charge in [0.2, 0.25) is 0 Å². The second kappa shape index (κ2) is 12.1. The Bertz CT molecular complexity index is 2500. The molecule has 3 aromatic carbocycles. The molecule has 0 saturated heterocycles. The smallest absolute Gasteiger partial charge is 0.326 e. The van der Waals surface area contributed by atoms with Gasteiger partial charge in [0, 0.05) is 49.1 Å². The molecule has 3 N–H and O–H groups in total. The lowest BCUT2D eigenvalue weighted by Gasteiger charge is -2.08. The number of nitrogens with two attached hydrogens (primary N) is 1. The van der Waals surface area contributed by atoms with Gasteiger partial charge >= 0.3 is 5.69 Å². The van der Waals surface area contributed by atoms with Crippen molar-refractivity contribution < 1.29 is 9.05 Å². The minimum absolute atomic E-state index is 0.145. The van der Waals surface area contributed by atoms with Crippen molar-refractivity contribution in [2.24, 2.45) is 14.1 Å². The quantitative estimate of drug-likeness (QED) is 0.192. The molecule has 0 aliphatic heterocycles. The number of aromatic amines is 1. The van der Waals surface area contributed by atoms with Gasteiger partial charge in [0.1, 0.15) is 17.0 Å². The third kappa shape index (κ3) is 5.60. The van der Waals surface area contributed by atoms with Gasteiger partial charge in [-0.15, -0.1) is 0 Å². The zero-order chi connectivity index (χ0) is 34.6. The molecule has 5 aromatic heterocycles. The number of imidazole rings is 2. The van der Waals surface area contributed by atoms with Gasteiger partial charge in [0.25, 0.3) is 0 Å². The summed E-state index contributed by atoms with van der Waals surface area (Å²) >= 11 is 0. The van der Waals surface area contributed by atoms with Gasteiger partial charge in [-0.2, -0.15) is 5.10 Å². The third-order valence-electron chi connectivity index (χ3n) is 8.89. The first kappa shape index (κ1) is 31.4. The fraction of sp³-hybridized carbons (Fsp3) is 0.216. The normalized spacial score (nSPS) is 11.4. The van der Waals surface area contributed by atoms with Crippen molar-refractivity contribution >= 4 is 27.8 Å². The van der Waals surface area contributed by atoms with Crippen LogP contribution in [0.25, 0.3) is 55.4 Å². The molecule has 0 aliphatic rings. The summed E-state index contributed by atoms with van der Waals surface area (Å²) in [5.41, 5.74) is 19.9. The highest BCUT2D eigenvalue weighted by molar-refractivity contribution is 5.97. The molecule has 0 unspecified atom stereocenters. The van der Waals surface area contributed by atoms with E-state index in [0.717, 1.165) is 90.6 Å². The van der Waals surface area contributed by atoms with E-state index in [1.165, 1.54) is 5.56 Å². The van der Waals surface area contributed by atoms with E-state index in [1.54, 1.807) is 16.3 Å². The van der Waals surface area contributed by atoms with Crippen LogP contribution >= 0.6 is 0 Å². The molecule has 49 heavy (non-hydrogen) atoms. The van der Waals surface area contributed by atoms with Crippen LogP contribution in [0, 0.1) is 34.6 Å². The molecule has 12 nitrogen and oxygen atoms in total. The number of hydrogen-bond donors (Lipinski definition) is 2. The van der Waals surface area contributed by atoms with Crippen LogP contribution in [-0.2, 0) is 20.6 Å². The number of aryl methyl sites for hydroxylation is 7. The van der Waals surface area contributed by atoms with Crippen molar-refractivity contribution in [1.82, 2.24) is 39.2 Å². The highest BCUT2D eigenvalue weighted by atomic mass is 16.5. The van der Waals surface area contributed by atoms with Crippen LogP contribution in [0.4, 0.5) is 5.69 Å². The van der Waals surface area contributed by atoms with Gasteiger partial charge in [-0.1, -0.05) is 40.6 Å². The Balaban J connectivity index is 0.000000154. The minimum atomic E-state index is -0.145. The van der Waals surface area contributed by atoms with E-state index in [1.807, 2.05) is 84.5 Å². The molecule has 0 bridgehead atoms. The van der Waals surface area contributed by atoms with Gasteiger partial charge in [0.05, 0.1) is 45.6 Å². The Kier molecular flexibility index (Phi) is 7.78. The summed E-state index contributed by atoms with van der Waals surface area (Å²) < 4.78 is 16.1. The second-order valence-electron chi connectivity index (χ2n) is 12.4. The zero-order valence-electron chi connectivity index (χ0n) is 28.5. The Hall–Kier alpha value is -6.17. The lowest BCUT2D eigenvalue weighted by molar-refractivity contribution is 0.393. The van der Waals surface area contributed by atoms with Gasteiger partial charge < -0.3 is 24.3 Å². The number of anilines is 1. The number of benzene rings is 3. The van der Waals surface area contributed by atoms with Crippen LogP contribution in [0.1, 0.15) is 34.2 Å². The van der Waals surface area contributed by atoms with E-state index in [9.17, 15) is 4.79 Å². The largest absolute Gasteiger partial charge is 0.397 e. The number of nitrogens with one attached hydrogen (secondary N) is 1. The topological polar surface area (TPSA) is 152 Å². The summed E-state index contributed by atoms with van der Waals surface area (Å²) in [6.45, 7) is 10.4. The van der Waals surface area contributed by atoms with Crippen molar-refractivity contribution in [2.75, 3.05) is 5.73 Å². The summed E-state index contributed by atoms with van der Waals surface area (Å²) in [7, 11) is 3.66. The van der Waals surface area contributed by atoms with Gasteiger partial charge in [-0.3, -0.25) is 9.25 Å². The fourth-order valence-corrected chi connectivity index (χ4v) is 6.64. The third-order valence-corrected chi connectivity index (χ3v) is 8.89. The van der Waals surface area contributed by atoms with Crippen LogP contribution < -0.4 is 11.4 Å². The van der Waals surface area contributed by atoms with Crippen molar-refractivity contribution in [2.45, 2.75) is 41.2 Å². The van der Waals surface area contributed by atoms with Crippen LogP contribution in [0.5, 0.6) is 0 Å². The van der Waals surface area contributed by atoms with E-state index in [2.05, 4.69) is 54.2 Å². The molecule has 8 aromatic rings. The van der Waals surface area contributed by atoms with E-state index in [0.29, 0.717) is 5.69 Å². The molecule has 0 radical (unpaired) electrons. The van der Waals surface area contributed by atoms with Crippen molar-refractivity contribution in [3.8, 4) is 33.4 Å². The summed E-state index contributed by atoms with van der Waals surface area (Å²) in [5, 5.41) is 12.5. The van der Waals surface area contributed by atoms with E-state index in [4.69, 9.17) is 14.8 Å². The van der Waals surface area contributed by atoms with Gasteiger partial charge in [-0.05, 0) is 75.6 Å². The Morgan fingerprint density at radius 1 is 0.816 bits per heavy atom. The van der Waals surface area contributed by atoms with Crippen molar-refractivity contribution in [3.63, 3.8) is 0 Å². The maximum atomic E-state index is 12.2. The Morgan fingerprint density at radius 2 is 1.47 bits per heavy atom. The monoisotopic (exact) mass is 655 g/mol. The van der Waals surface area contributed by atoms with Crippen molar-refractivity contribution in [1.29, 1.82) is 0 Å². The van der Waals surface area contributed by atoms with E-state index >= 15 is 0 Å². The summed E-state index contributed by atoms with van der Waals surface area (Å²) in [6, 6.07) is 18.4. The van der Waals surface area contributed by atoms with Crippen LogP contribution in [-0.4, -0.2) is 39.2 Å². The summed E-state index contributed by atoms with van der Waals surface area (Å²) in [4.78, 5) is 19.6. The lowest BCUT2D eigenvalue weighted by Crippen LogP contribution is -2.12. The molecule has 0 aliphatic carbocycles.